The zero-order valence-electron chi connectivity index (χ0n) is 13.4. The highest BCUT2D eigenvalue weighted by atomic mass is 79.9. The van der Waals surface area contributed by atoms with E-state index in [9.17, 15) is 9.59 Å². The summed E-state index contributed by atoms with van der Waals surface area (Å²) in [6.45, 7) is 2.11. The number of carbonyl (C=O) groups excluding carboxylic acids is 2. The molecule has 0 aliphatic carbocycles. The molecule has 126 valence electrons. The standard InChI is InChI=1S/C18H20BrN3O2/c1-2-5-17(23)21-15-8-4-9-16(11-15)22-18(24)12-20-14-7-3-6-13(19)10-14/h3-4,6-11,20H,2,5,12H2,1H3,(H,21,23)(H,22,24). The summed E-state index contributed by atoms with van der Waals surface area (Å²) in [6, 6.07) is 14.7. The van der Waals surface area contributed by atoms with E-state index in [0.717, 1.165) is 16.6 Å². The zero-order chi connectivity index (χ0) is 17.4. The maximum atomic E-state index is 12.0. The van der Waals surface area contributed by atoms with Crippen molar-refractivity contribution >= 4 is 44.8 Å². The molecule has 0 radical (unpaired) electrons. The molecular weight excluding hydrogens is 370 g/mol. The summed E-state index contributed by atoms with van der Waals surface area (Å²) < 4.78 is 0.948. The fourth-order valence-corrected chi connectivity index (χ4v) is 2.51. The highest BCUT2D eigenvalue weighted by Crippen LogP contribution is 2.17. The molecule has 0 fully saturated rings. The number of carbonyl (C=O) groups is 2. The van der Waals surface area contributed by atoms with Gasteiger partial charge in [0.1, 0.15) is 0 Å². The molecule has 0 saturated carbocycles. The molecule has 2 aromatic rings. The van der Waals surface area contributed by atoms with Gasteiger partial charge in [-0.1, -0.05) is 35.0 Å². The molecule has 0 atom stereocenters. The van der Waals surface area contributed by atoms with Crippen LogP contribution in [0.25, 0.3) is 0 Å². The monoisotopic (exact) mass is 389 g/mol. The second-order valence-corrected chi connectivity index (χ2v) is 6.21. The van der Waals surface area contributed by atoms with Crippen molar-refractivity contribution in [3.05, 3.63) is 53.0 Å². The lowest BCUT2D eigenvalue weighted by molar-refractivity contribution is -0.116. The van der Waals surface area contributed by atoms with Gasteiger partial charge in [-0.2, -0.15) is 0 Å². The Morgan fingerprint density at radius 1 is 0.917 bits per heavy atom. The van der Waals surface area contributed by atoms with Crippen LogP contribution in [0.5, 0.6) is 0 Å². The van der Waals surface area contributed by atoms with E-state index >= 15 is 0 Å². The minimum Gasteiger partial charge on any atom is -0.376 e. The van der Waals surface area contributed by atoms with Crippen LogP contribution in [0.15, 0.2) is 53.0 Å². The van der Waals surface area contributed by atoms with Crippen LogP contribution in [0.1, 0.15) is 19.8 Å². The van der Waals surface area contributed by atoms with E-state index in [1.807, 2.05) is 31.2 Å². The summed E-state index contributed by atoms with van der Waals surface area (Å²) in [4.78, 5) is 23.7. The van der Waals surface area contributed by atoms with E-state index in [1.54, 1.807) is 24.3 Å². The molecule has 0 aromatic heterocycles. The number of benzene rings is 2. The summed E-state index contributed by atoms with van der Waals surface area (Å²) in [7, 11) is 0. The molecule has 0 saturated heterocycles. The molecule has 3 N–H and O–H groups in total. The third-order valence-corrected chi connectivity index (χ3v) is 3.68. The number of rotatable bonds is 7. The minimum absolute atomic E-state index is 0.0303. The first-order valence-corrected chi connectivity index (χ1v) is 8.55. The number of nitrogens with one attached hydrogen (secondary N) is 3. The van der Waals surface area contributed by atoms with Gasteiger partial charge >= 0.3 is 0 Å². The van der Waals surface area contributed by atoms with E-state index in [-0.39, 0.29) is 18.4 Å². The van der Waals surface area contributed by atoms with E-state index in [2.05, 4.69) is 31.9 Å². The molecule has 0 heterocycles. The molecule has 0 unspecified atom stereocenters. The molecule has 0 spiro atoms. The molecule has 24 heavy (non-hydrogen) atoms. The highest BCUT2D eigenvalue weighted by molar-refractivity contribution is 9.10. The van der Waals surface area contributed by atoms with Crippen LogP contribution in [-0.2, 0) is 9.59 Å². The predicted molar refractivity (Wildman–Crippen MR) is 101 cm³/mol. The van der Waals surface area contributed by atoms with E-state index in [1.165, 1.54) is 0 Å². The summed E-state index contributed by atoms with van der Waals surface area (Å²) in [5, 5.41) is 8.67. The molecule has 2 aromatic carbocycles. The zero-order valence-corrected chi connectivity index (χ0v) is 15.0. The number of halogens is 1. The second-order valence-electron chi connectivity index (χ2n) is 5.29. The Balaban J connectivity index is 1.88. The first-order chi connectivity index (χ1) is 11.6. The molecule has 0 aliphatic rings. The lowest BCUT2D eigenvalue weighted by Gasteiger charge is -2.10. The van der Waals surface area contributed by atoms with Gasteiger partial charge in [0.05, 0.1) is 6.54 Å². The van der Waals surface area contributed by atoms with Crippen LogP contribution >= 0.6 is 15.9 Å². The average molecular weight is 390 g/mol. The Labute approximate surface area is 150 Å². The Morgan fingerprint density at radius 2 is 1.54 bits per heavy atom. The van der Waals surface area contributed by atoms with Gasteiger partial charge < -0.3 is 16.0 Å². The van der Waals surface area contributed by atoms with Gasteiger partial charge in [0, 0.05) is 28.0 Å². The van der Waals surface area contributed by atoms with Crippen molar-refractivity contribution in [2.24, 2.45) is 0 Å². The highest BCUT2D eigenvalue weighted by Gasteiger charge is 2.05. The van der Waals surface area contributed by atoms with Gasteiger partial charge in [0.15, 0.2) is 0 Å². The number of amides is 2. The summed E-state index contributed by atoms with van der Waals surface area (Å²) >= 11 is 3.39. The Hall–Kier alpha value is -2.34. The molecule has 0 aliphatic heterocycles. The third kappa shape index (κ3) is 6.04. The Kier molecular flexibility index (Phi) is 6.81. The molecular formula is C18H20BrN3O2. The first kappa shape index (κ1) is 18.0. The van der Waals surface area contributed by atoms with Crippen molar-refractivity contribution in [2.75, 3.05) is 22.5 Å². The van der Waals surface area contributed by atoms with Crippen molar-refractivity contribution in [3.63, 3.8) is 0 Å². The second kappa shape index (κ2) is 9.08. The topological polar surface area (TPSA) is 70.2 Å². The van der Waals surface area contributed by atoms with Crippen LogP contribution < -0.4 is 16.0 Å². The van der Waals surface area contributed by atoms with Gasteiger partial charge in [0.2, 0.25) is 11.8 Å². The third-order valence-electron chi connectivity index (χ3n) is 3.18. The maximum absolute atomic E-state index is 12.0. The fraction of sp³-hybridized carbons (Fsp3) is 0.222. The van der Waals surface area contributed by atoms with Crippen LogP contribution in [0.2, 0.25) is 0 Å². The number of hydrogen-bond donors (Lipinski definition) is 3. The average Bonchev–Trinajstić information content (AvgIpc) is 2.53. The van der Waals surface area contributed by atoms with Crippen molar-refractivity contribution in [3.8, 4) is 0 Å². The maximum Gasteiger partial charge on any atom is 0.243 e. The SMILES string of the molecule is CCCC(=O)Nc1cccc(NC(=O)CNc2cccc(Br)c2)c1. The minimum atomic E-state index is -0.160. The van der Waals surface area contributed by atoms with Gasteiger partial charge in [-0.15, -0.1) is 0 Å². The van der Waals surface area contributed by atoms with E-state index < -0.39 is 0 Å². The first-order valence-electron chi connectivity index (χ1n) is 7.76. The molecule has 6 heteroatoms. The van der Waals surface area contributed by atoms with Gasteiger partial charge in [-0.25, -0.2) is 0 Å². The van der Waals surface area contributed by atoms with Crippen LogP contribution in [0.4, 0.5) is 17.1 Å². The number of anilines is 3. The summed E-state index contributed by atoms with van der Waals surface area (Å²) in [6.07, 6.45) is 1.27. The van der Waals surface area contributed by atoms with Crippen molar-refractivity contribution in [2.45, 2.75) is 19.8 Å². The smallest absolute Gasteiger partial charge is 0.243 e. The van der Waals surface area contributed by atoms with Crippen LogP contribution in [0.3, 0.4) is 0 Å². The molecule has 5 nitrogen and oxygen atoms in total. The quantitative estimate of drug-likeness (QED) is 0.663. The van der Waals surface area contributed by atoms with Crippen LogP contribution in [-0.4, -0.2) is 18.4 Å². The van der Waals surface area contributed by atoms with Crippen molar-refractivity contribution < 1.29 is 9.59 Å². The van der Waals surface area contributed by atoms with Gasteiger partial charge in [0.25, 0.3) is 0 Å². The number of hydrogen-bond acceptors (Lipinski definition) is 3. The van der Waals surface area contributed by atoms with Crippen molar-refractivity contribution in [1.82, 2.24) is 0 Å². The molecule has 2 rings (SSSR count). The van der Waals surface area contributed by atoms with Gasteiger partial charge in [-0.3, -0.25) is 9.59 Å². The Bertz CT molecular complexity index is 719. The summed E-state index contributed by atoms with van der Waals surface area (Å²) in [5.74, 6) is -0.190. The van der Waals surface area contributed by atoms with E-state index in [0.29, 0.717) is 17.8 Å². The molecule has 2 amide bonds. The molecule has 0 bridgehead atoms. The lowest BCUT2D eigenvalue weighted by atomic mass is 10.2. The normalized spacial score (nSPS) is 10.1. The van der Waals surface area contributed by atoms with Crippen LogP contribution in [0, 0.1) is 0 Å². The van der Waals surface area contributed by atoms with Gasteiger partial charge in [-0.05, 0) is 42.8 Å². The fourth-order valence-electron chi connectivity index (χ4n) is 2.11. The summed E-state index contributed by atoms with van der Waals surface area (Å²) in [5.41, 5.74) is 2.18. The van der Waals surface area contributed by atoms with Crippen molar-refractivity contribution in [1.29, 1.82) is 0 Å². The van der Waals surface area contributed by atoms with E-state index in [4.69, 9.17) is 0 Å². The lowest BCUT2D eigenvalue weighted by Crippen LogP contribution is -2.21. The Morgan fingerprint density at radius 3 is 2.21 bits per heavy atom. The predicted octanol–water partition coefficient (Wildman–Crippen LogP) is 4.24. The largest absolute Gasteiger partial charge is 0.376 e.